The van der Waals surface area contributed by atoms with Crippen LogP contribution in [0.3, 0.4) is 0 Å². The Morgan fingerprint density at radius 2 is 1.85 bits per heavy atom. The molecule has 6 nitrogen and oxygen atoms in total. The summed E-state index contributed by atoms with van der Waals surface area (Å²) in [6, 6.07) is 11.9. The highest BCUT2D eigenvalue weighted by Gasteiger charge is 2.20. The number of pyridine rings is 1. The first-order chi connectivity index (χ1) is 12.7. The molecule has 2 aromatic rings. The van der Waals surface area contributed by atoms with Gasteiger partial charge in [0.1, 0.15) is 11.4 Å². The van der Waals surface area contributed by atoms with E-state index >= 15 is 0 Å². The molecule has 1 amide bonds. The van der Waals surface area contributed by atoms with Crippen LogP contribution < -0.4 is 19.9 Å². The van der Waals surface area contributed by atoms with E-state index in [-0.39, 0.29) is 5.91 Å². The Labute approximate surface area is 154 Å². The van der Waals surface area contributed by atoms with Gasteiger partial charge in [0.25, 0.3) is 5.91 Å². The lowest BCUT2D eigenvalue weighted by molar-refractivity contribution is 0.0948. The number of nitrogens with one attached hydrogen (secondary N) is 1. The average Bonchev–Trinajstić information content (AvgIpc) is 2.72. The fraction of sp³-hybridized carbons (Fsp3) is 0.400. The minimum atomic E-state index is -0.112. The quantitative estimate of drug-likeness (QED) is 0.864. The van der Waals surface area contributed by atoms with Gasteiger partial charge in [-0.2, -0.15) is 0 Å². The Balaban J connectivity index is 1.60. The van der Waals surface area contributed by atoms with Gasteiger partial charge in [-0.3, -0.25) is 4.79 Å². The van der Waals surface area contributed by atoms with E-state index in [0.29, 0.717) is 12.2 Å². The van der Waals surface area contributed by atoms with Crippen LogP contribution in [0.4, 0.5) is 11.4 Å². The Kier molecular flexibility index (Phi) is 5.94. The summed E-state index contributed by atoms with van der Waals surface area (Å²) in [6.45, 7) is 6.34. The Morgan fingerprint density at radius 3 is 2.50 bits per heavy atom. The highest BCUT2D eigenvalue weighted by atomic mass is 16.5. The molecule has 26 heavy (non-hydrogen) atoms. The first kappa shape index (κ1) is 18.0. The van der Waals surface area contributed by atoms with Gasteiger partial charge in [-0.05, 0) is 30.7 Å². The van der Waals surface area contributed by atoms with Gasteiger partial charge in [-0.25, -0.2) is 4.98 Å². The molecule has 0 bridgehead atoms. The number of amides is 1. The van der Waals surface area contributed by atoms with Gasteiger partial charge in [0.15, 0.2) is 0 Å². The molecule has 0 aliphatic carbocycles. The van der Waals surface area contributed by atoms with Crippen LogP contribution in [0.2, 0.25) is 0 Å². The molecule has 1 fully saturated rings. The summed E-state index contributed by atoms with van der Waals surface area (Å²) < 4.78 is 5.47. The molecule has 0 spiro atoms. The van der Waals surface area contributed by atoms with E-state index in [1.54, 1.807) is 19.4 Å². The number of anilines is 2. The van der Waals surface area contributed by atoms with E-state index in [0.717, 1.165) is 49.7 Å². The summed E-state index contributed by atoms with van der Waals surface area (Å²) in [7, 11) is 1.71. The monoisotopic (exact) mass is 354 g/mol. The molecular formula is C20H26N4O2. The second kappa shape index (κ2) is 8.56. The van der Waals surface area contributed by atoms with E-state index < -0.39 is 0 Å². The van der Waals surface area contributed by atoms with Crippen molar-refractivity contribution >= 4 is 17.3 Å². The fourth-order valence-electron chi connectivity index (χ4n) is 3.13. The number of methoxy groups -OCH3 is 1. The zero-order valence-electron chi connectivity index (χ0n) is 15.4. The molecule has 2 heterocycles. The molecule has 0 atom stereocenters. The largest absolute Gasteiger partial charge is 0.495 e. The van der Waals surface area contributed by atoms with Gasteiger partial charge in [0.2, 0.25) is 0 Å². The molecule has 0 unspecified atom stereocenters. The lowest BCUT2D eigenvalue weighted by Crippen LogP contribution is -2.46. The Bertz CT molecular complexity index is 725. The molecule has 1 aliphatic heterocycles. The Morgan fingerprint density at radius 1 is 1.12 bits per heavy atom. The summed E-state index contributed by atoms with van der Waals surface area (Å²) in [5.74, 6) is 0.796. The van der Waals surface area contributed by atoms with Crippen molar-refractivity contribution in [2.24, 2.45) is 0 Å². The molecule has 6 heteroatoms. The number of aromatic nitrogens is 1. The third-order valence-electron chi connectivity index (χ3n) is 4.59. The summed E-state index contributed by atoms with van der Waals surface area (Å²) in [5, 5.41) is 2.85. The minimum Gasteiger partial charge on any atom is -0.495 e. The van der Waals surface area contributed by atoms with Crippen LogP contribution in [-0.4, -0.2) is 50.7 Å². The van der Waals surface area contributed by atoms with Gasteiger partial charge in [0.05, 0.1) is 24.7 Å². The number of piperazine rings is 1. The van der Waals surface area contributed by atoms with Gasteiger partial charge < -0.3 is 19.9 Å². The first-order valence-corrected chi connectivity index (χ1v) is 9.10. The third kappa shape index (κ3) is 4.07. The van der Waals surface area contributed by atoms with Crippen LogP contribution in [0.15, 0.2) is 42.6 Å². The van der Waals surface area contributed by atoms with Crippen molar-refractivity contribution in [2.45, 2.75) is 13.3 Å². The van der Waals surface area contributed by atoms with E-state index in [2.05, 4.69) is 26.2 Å². The summed E-state index contributed by atoms with van der Waals surface area (Å²) >= 11 is 0. The van der Waals surface area contributed by atoms with E-state index in [1.807, 2.05) is 31.2 Å². The van der Waals surface area contributed by atoms with Gasteiger partial charge >= 0.3 is 0 Å². The van der Waals surface area contributed by atoms with Crippen molar-refractivity contribution in [2.75, 3.05) is 49.6 Å². The summed E-state index contributed by atoms with van der Waals surface area (Å²) in [4.78, 5) is 20.9. The van der Waals surface area contributed by atoms with Crippen molar-refractivity contribution in [3.05, 3.63) is 48.3 Å². The average molecular weight is 354 g/mol. The van der Waals surface area contributed by atoms with Crippen LogP contribution >= 0.6 is 0 Å². The number of rotatable bonds is 6. The number of nitrogens with zero attached hydrogens (tertiary/aromatic N) is 3. The maximum absolute atomic E-state index is 11.9. The molecule has 1 aromatic carbocycles. The van der Waals surface area contributed by atoms with Crippen molar-refractivity contribution in [1.29, 1.82) is 0 Å². The lowest BCUT2D eigenvalue weighted by atomic mass is 10.2. The highest BCUT2D eigenvalue weighted by molar-refractivity contribution is 5.92. The van der Waals surface area contributed by atoms with Crippen LogP contribution in [0.1, 0.15) is 23.8 Å². The number of carbonyl (C=O) groups excluding carboxylic acids is 1. The van der Waals surface area contributed by atoms with E-state index in [4.69, 9.17) is 4.74 Å². The van der Waals surface area contributed by atoms with E-state index in [9.17, 15) is 4.79 Å². The predicted octanol–water partition coefficient (Wildman–Crippen LogP) is 2.56. The molecule has 3 rings (SSSR count). The van der Waals surface area contributed by atoms with Crippen molar-refractivity contribution < 1.29 is 9.53 Å². The number of hydrogen-bond acceptors (Lipinski definition) is 5. The number of carbonyl (C=O) groups is 1. The molecule has 0 radical (unpaired) electrons. The maximum atomic E-state index is 11.9. The molecule has 1 N–H and O–H groups in total. The van der Waals surface area contributed by atoms with E-state index in [1.165, 1.54) is 0 Å². The Hall–Kier alpha value is -2.76. The molecule has 0 saturated carbocycles. The second-order valence-electron chi connectivity index (χ2n) is 6.30. The first-order valence-electron chi connectivity index (χ1n) is 9.10. The minimum absolute atomic E-state index is 0.112. The van der Waals surface area contributed by atoms with Crippen LogP contribution in [0.5, 0.6) is 5.75 Å². The van der Waals surface area contributed by atoms with Crippen LogP contribution in [0, 0.1) is 0 Å². The number of ether oxygens (including phenoxy) is 1. The molecule has 1 aliphatic rings. The van der Waals surface area contributed by atoms with Crippen LogP contribution in [-0.2, 0) is 0 Å². The number of para-hydroxylation sites is 2. The molecular weight excluding hydrogens is 328 g/mol. The molecule has 1 aromatic heterocycles. The summed E-state index contributed by atoms with van der Waals surface area (Å²) in [6.07, 6.45) is 2.71. The van der Waals surface area contributed by atoms with Crippen molar-refractivity contribution in [1.82, 2.24) is 10.3 Å². The van der Waals surface area contributed by atoms with Gasteiger partial charge in [-0.15, -0.1) is 0 Å². The van der Waals surface area contributed by atoms with Crippen LogP contribution in [0.25, 0.3) is 0 Å². The zero-order valence-corrected chi connectivity index (χ0v) is 15.4. The topological polar surface area (TPSA) is 57.7 Å². The number of hydrogen-bond donors (Lipinski definition) is 1. The zero-order chi connectivity index (χ0) is 18.4. The fourth-order valence-corrected chi connectivity index (χ4v) is 3.13. The SMILES string of the molecule is CCCNC(=O)c1ccc(N2CCN(c3ccccc3OC)CC2)cn1. The smallest absolute Gasteiger partial charge is 0.269 e. The van der Waals surface area contributed by atoms with Crippen molar-refractivity contribution in [3.8, 4) is 5.75 Å². The maximum Gasteiger partial charge on any atom is 0.269 e. The molecule has 1 saturated heterocycles. The normalized spacial score (nSPS) is 14.2. The lowest BCUT2D eigenvalue weighted by Gasteiger charge is -2.37. The number of benzene rings is 1. The third-order valence-corrected chi connectivity index (χ3v) is 4.59. The van der Waals surface area contributed by atoms with Gasteiger partial charge in [-0.1, -0.05) is 19.1 Å². The second-order valence-corrected chi connectivity index (χ2v) is 6.30. The highest BCUT2D eigenvalue weighted by Crippen LogP contribution is 2.29. The standard InChI is InChI=1S/C20H26N4O2/c1-3-10-21-20(25)17-9-8-16(15-22-17)23-11-13-24(14-12-23)18-6-4-5-7-19(18)26-2/h4-9,15H,3,10-14H2,1-2H3,(H,21,25). The van der Waals surface area contributed by atoms with Gasteiger partial charge in [0, 0.05) is 32.7 Å². The van der Waals surface area contributed by atoms with Crippen molar-refractivity contribution in [3.63, 3.8) is 0 Å². The summed E-state index contributed by atoms with van der Waals surface area (Å²) in [5.41, 5.74) is 2.65. The molecule has 138 valence electrons. The predicted molar refractivity (Wildman–Crippen MR) is 104 cm³/mol.